The molecule has 0 unspecified atom stereocenters. The molecule has 6 nitrogen and oxygen atoms in total. The number of anilines is 1. The van der Waals surface area contributed by atoms with E-state index in [-0.39, 0.29) is 5.91 Å². The highest BCUT2D eigenvalue weighted by molar-refractivity contribution is 5.81. The smallest absolute Gasteiger partial charge is 0.224 e. The fraction of sp³-hybridized carbons (Fsp3) is 0.391. The molecule has 2 aromatic rings. The van der Waals surface area contributed by atoms with Gasteiger partial charge in [-0.05, 0) is 17.7 Å². The molecular formula is C23H31N5O. The maximum Gasteiger partial charge on any atom is 0.224 e. The van der Waals surface area contributed by atoms with Gasteiger partial charge in [-0.15, -0.1) is 0 Å². The largest absolute Gasteiger partial charge is 0.368 e. The Bertz CT molecular complexity index is 785. The zero-order valence-corrected chi connectivity index (χ0v) is 17.4. The van der Waals surface area contributed by atoms with E-state index < -0.39 is 0 Å². The quantitative estimate of drug-likeness (QED) is 0.605. The Labute approximate surface area is 173 Å². The minimum atomic E-state index is 0.130. The third-order valence-corrected chi connectivity index (χ3v) is 5.22. The molecule has 0 aliphatic carbocycles. The van der Waals surface area contributed by atoms with E-state index in [1.54, 1.807) is 11.9 Å². The van der Waals surface area contributed by atoms with Gasteiger partial charge in [-0.25, -0.2) is 0 Å². The molecule has 1 aliphatic heterocycles. The van der Waals surface area contributed by atoms with Crippen molar-refractivity contribution in [2.75, 3.05) is 51.7 Å². The van der Waals surface area contributed by atoms with E-state index in [0.29, 0.717) is 19.5 Å². The normalized spacial score (nSPS) is 14.6. The van der Waals surface area contributed by atoms with Gasteiger partial charge in [0.05, 0.1) is 0 Å². The Morgan fingerprint density at radius 1 is 1.00 bits per heavy atom. The lowest BCUT2D eigenvalue weighted by molar-refractivity contribution is -0.130. The number of rotatable bonds is 6. The molecule has 29 heavy (non-hydrogen) atoms. The highest BCUT2D eigenvalue weighted by Gasteiger charge is 2.20. The van der Waals surface area contributed by atoms with Crippen molar-refractivity contribution in [2.45, 2.75) is 13.0 Å². The van der Waals surface area contributed by atoms with Gasteiger partial charge < -0.3 is 20.0 Å². The predicted octanol–water partition coefficient (Wildman–Crippen LogP) is 2.43. The van der Waals surface area contributed by atoms with Gasteiger partial charge in [-0.2, -0.15) is 0 Å². The van der Waals surface area contributed by atoms with E-state index in [9.17, 15) is 4.79 Å². The molecule has 0 aromatic heterocycles. The summed E-state index contributed by atoms with van der Waals surface area (Å²) in [6, 6.07) is 20.6. The minimum absolute atomic E-state index is 0.130. The molecule has 1 aliphatic rings. The Morgan fingerprint density at radius 3 is 2.24 bits per heavy atom. The summed E-state index contributed by atoms with van der Waals surface area (Å²) in [5.74, 6) is 1.00. The Kier molecular flexibility index (Phi) is 7.50. The van der Waals surface area contributed by atoms with Gasteiger partial charge in [0.2, 0.25) is 5.91 Å². The number of carbonyl (C=O) groups excluding carboxylic acids is 1. The molecule has 6 heteroatoms. The van der Waals surface area contributed by atoms with Crippen LogP contribution in [0.4, 0.5) is 5.69 Å². The number of guanidine groups is 1. The van der Waals surface area contributed by atoms with Crippen LogP contribution in [0.25, 0.3) is 0 Å². The van der Waals surface area contributed by atoms with Crippen LogP contribution in [0.15, 0.2) is 65.7 Å². The van der Waals surface area contributed by atoms with Crippen molar-refractivity contribution in [1.82, 2.24) is 15.1 Å². The predicted molar refractivity (Wildman–Crippen MR) is 119 cm³/mol. The fourth-order valence-electron chi connectivity index (χ4n) is 3.57. The van der Waals surface area contributed by atoms with Crippen molar-refractivity contribution in [2.24, 2.45) is 4.99 Å². The average Bonchev–Trinajstić information content (AvgIpc) is 2.78. The third-order valence-electron chi connectivity index (χ3n) is 5.22. The molecule has 2 aromatic carbocycles. The van der Waals surface area contributed by atoms with Crippen molar-refractivity contribution in [3.8, 4) is 0 Å². The first-order valence-electron chi connectivity index (χ1n) is 10.2. The van der Waals surface area contributed by atoms with Crippen LogP contribution in [0.1, 0.15) is 12.0 Å². The van der Waals surface area contributed by atoms with E-state index in [0.717, 1.165) is 37.7 Å². The Hall–Kier alpha value is -3.02. The number of benzene rings is 2. The molecule has 1 heterocycles. The van der Waals surface area contributed by atoms with Crippen molar-refractivity contribution < 1.29 is 4.79 Å². The lowest BCUT2D eigenvalue weighted by Gasteiger charge is -2.37. The van der Waals surface area contributed by atoms with Gasteiger partial charge >= 0.3 is 0 Å². The van der Waals surface area contributed by atoms with E-state index in [2.05, 4.69) is 44.4 Å². The number of carbonyl (C=O) groups is 1. The first-order valence-corrected chi connectivity index (χ1v) is 10.2. The third kappa shape index (κ3) is 5.98. The van der Waals surface area contributed by atoms with Gasteiger partial charge in [0.1, 0.15) is 0 Å². The van der Waals surface area contributed by atoms with Crippen molar-refractivity contribution in [3.63, 3.8) is 0 Å². The first-order chi connectivity index (χ1) is 14.2. The van der Waals surface area contributed by atoms with Crippen LogP contribution in [-0.2, 0) is 11.3 Å². The second-order valence-corrected chi connectivity index (χ2v) is 7.27. The summed E-state index contributed by atoms with van der Waals surface area (Å²) >= 11 is 0. The lowest BCUT2D eigenvalue weighted by atomic mass is 10.2. The molecule has 3 rings (SSSR count). The summed E-state index contributed by atoms with van der Waals surface area (Å²) in [5.41, 5.74) is 2.41. The van der Waals surface area contributed by atoms with E-state index >= 15 is 0 Å². The van der Waals surface area contributed by atoms with Crippen LogP contribution in [0, 0.1) is 0 Å². The number of para-hydroxylation sites is 1. The average molecular weight is 394 g/mol. The topological polar surface area (TPSA) is 51.2 Å². The number of nitrogens with one attached hydrogen (secondary N) is 1. The maximum absolute atomic E-state index is 12.4. The zero-order chi connectivity index (χ0) is 20.5. The Morgan fingerprint density at radius 2 is 1.62 bits per heavy atom. The summed E-state index contributed by atoms with van der Waals surface area (Å²) in [4.78, 5) is 23.3. The Balaban J connectivity index is 1.41. The number of hydrogen-bond donors (Lipinski definition) is 1. The summed E-state index contributed by atoms with van der Waals surface area (Å²) in [7, 11) is 3.65. The fourth-order valence-corrected chi connectivity index (χ4v) is 3.57. The van der Waals surface area contributed by atoms with E-state index in [4.69, 9.17) is 0 Å². The molecule has 1 amide bonds. The number of hydrogen-bond acceptors (Lipinski definition) is 3. The van der Waals surface area contributed by atoms with Crippen molar-refractivity contribution in [3.05, 3.63) is 66.2 Å². The van der Waals surface area contributed by atoms with Crippen LogP contribution in [0.5, 0.6) is 0 Å². The van der Waals surface area contributed by atoms with Crippen LogP contribution in [0.2, 0.25) is 0 Å². The first kappa shape index (κ1) is 20.7. The molecule has 1 saturated heterocycles. The van der Waals surface area contributed by atoms with Gasteiger partial charge in [0, 0.05) is 65.5 Å². The molecule has 154 valence electrons. The van der Waals surface area contributed by atoms with Crippen molar-refractivity contribution in [1.29, 1.82) is 0 Å². The second-order valence-electron chi connectivity index (χ2n) is 7.27. The van der Waals surface area contributed by atoms with Crippen LogP contribution < -0.4 is 10.2 Å². The molecule has 0 atom stereocenters. The molecule has 1 fully saturated rings. The molecule has 1 N–H and O–H groups in total. The summed E-state index contributed by atoms with van der Waals surface area (Å²) < 4.78 is 0. The van der Waals surface area contributed by atoms with E-state index in [1.165, 1.54) is 5.69 Å². The lowest BCUT2D eigenvalue weighted by Crippen LogP contribution is -2.52. The monoisotopic (exact) mass is 393 g/mol. The van der Waals surface area contributed by atoms with Gasteiger partial charge in [-0.1, -0.05) is 48.5 Å². The summed E-state index contributed by atoms with van der Waals surface area (Å²) in [5, 5.41) is 3.35. The van der Waals surface area contributed by atoms with Crippen LogP contribution in [0.3, 0.4) is 0 Å². The highest BCUT2D eigenvalue weighted by Crippen LogP contribution is 2.15. The number of aliphatic imine (C=N–C) groups is 1. The highest BCUT2D eigenvalue weighted by atomic mass is 16.2. The zero-order valence-electron chi connectivity index (χ0n) is 17.4. The molecular weight excluding hydrogens is 362 g/mol. The van der Waals surface area contributed by atoms with Crippen LogP contribution >= 0.6 is 0 Å². The number of nitrogens with zero attached hydrogens (tertiary/aromatic N) is 4. The van der Waals surface area contributed by atoms with Crippen LogP contribution in [-0.4, -0.2) is 68.5 Å². The minimum Gasteiger partial charge on any atom is -0.368 e. The summed E-state index contributed by atoms with van der Waals surface area (Å²) in [6.07, 6.45) is 0.451. The number of amides is 1. The molecule has 0 bridgehead atoms. The van der Waals surface area contributed by atoms with Crippen molar-refractivity contribution >= 4 is 17.6 Å². The standard InChI is InChI=1S/C23H31N5O/c1-24-23(28-17-15-27(16-18-28)21-11-7-4-8-12-21)25-14-13-22(29)26(2)19-20-9-5-3-6-10-20/h3-12H,13-19H2,1-2H3,(H,24,25). The SMILES string of the molecule is CN=C(NCCC(=O)N(C)Cc1ccccc1)N1CCN(c2ccccc2)CC1. The van der Waals surface area contributed by atoms with Gasteiger partial charge in [0.15, 0.2) is 5.96 Å². The number of piperazine rings is 1. The van der Waals surface area contributed by atoms with Gasteiger partial charge in [-0.3, -0.25) is 9.79 Å². The second kappa shape index (κ2) is 10.5. The van der Waals surface area contributed by atoms with Gasteiger partial charge in [0.25, 0.3) is 0 Å². The summed E-state index contributed by atoms with van der Waals surface area (Å²) in [6.45, 7) is 4.97. The molecule has 0 radical (unpaired) electrons. The molecule has 0 spiro atoms. The maximum atomic E-state index is 12.4. The van der Waals surface area contributed by atoms with E-state index in [1.807, 2.05) is 43.4 Å². The molecule has 0 saturated carbocycles.